The zero-order chi connectivity index (χ0) is 12.1. The van der Waals surface area contributed by atoms with Gasteiger partial charge in [0, 0.05) is 23.5 Å². The molecule has 0 fully saturated rings. The second-order valence-electron chi connectivity index (χ2n) is 4.00. The number of rotatable bonds is 5. The van der Waals surface area contributed by atoms with Gasteiger partial charge >= 0.3 is 0 Å². The second kappa shape index (κ2) is 5.84. The van der Waals surface area contributed by atoms with Crippen molar-refractivity contribution in [3.8, 4) is 5.75 Å². The van der Waals surface area contributed by atoms with Crippen LogP contribution in [0.4, 0.5) is 0 Å². The van der Waals surface area contributed by atoms with E-state index >= 15 is 0 Å². The van der Waals surface area contributed by atoms with Crippen molar-refractivity contribution in [2.75, 3.05) is 7.11 Å². The molecule has 2 aromatic rings. The van der Waals surface area contributed by atoms with Gasteiger partial charge in [-0.05, 0) is 24.4 Å². The van der Waals surface area contributed by atoms with Gasteiger partial charge in [-0.3, -0.25) is 0 Å². The number of nitrogens with one attached hydrogen (secondary N) is 1. The van der Waals surface area contributed by atoms with Crippen LogP contribution in [0.15, 0.2) is 35.7 Å². The summed E-state index contributed by atoms with van der Waals surface area (Å²) in [5.41, 5.74) is 2.47. The normalized spacial score (nSPS) is 10.5. The summed E-state index contributed by atoms with van der Waals surface area (Å²) in [5.74, 6) is 0.953. The fourth-order valence-corrected chi connectivity index (χ4v) is 2.45. The molecule has 1 aromatic carbocycles. The molecular formula is C14H17NOS. The van der Waals surface area contributed by atoms with Gasteiger partial charge in [-0.25, -0.2) is 0 Å². The van der Waals surface area contributed by atoms with E-state index in [-0.39, 0.29) is 0 Å². The van der Waals surface area contributed by atoms with Crippen LogP contribution in [0.25, 0.3) is 0 Å². The Bertz CT molecular complexity index is 465. The molecule has 0 aliphatic heterocycles. The van der Waals surface area contributed by atoms with Gasteiger partial charge in [0.1, 0.15) is 5.75 Å². The Morgan fingerprint density at radius 3 is 2.82 bits per heavy atom. The molecule has 0 bridgehead atoms. The van der Waals surface area contributed by atoms with Gasteiger partial charge in [-0.2, -0.15) is 0 Å². The van der Waals surface area contributed by atoms with Gasteiger partial charge in [-0.15, -0.1) is 11.3 Å². The number of ether oxygens (including phenoxy) is 1. The van der Waals surface area contributed by atoms with E-state index in [2.05, 4.69) is 41.9 Å². The van der Waals surface area contributed by atoms with Crippen molar-refractivity contribution in [2.45, 2.75) is 20.0 Å². The van der Waals surface area contributed by atoms with Crippen molar-refractivity contribution in [3.63, 3.8) is 0 Å². The van der Waals surface area contributed by atoms with Crippen molar-refractivity contribution < 1.29 is 4.74 Å². The number of hydrogen-bond acceptors (Lipinski definition) is 3. The highest BCUT2D eigenvalue weighted by atomic mass is 32.1. The number of methoxy groups -OCH3 is 1. The molecule has 0 amide bonds. The third-order valence-electron chi connectivity index (χ3n) is 2.63. The Kier molecular flexibility index (Phi) is 4.18. The number of benzene rings is 1. The smallest absolute Gasteiger partial charge is 0.123 e. The molecule has 2 nitrogen and oxygen atoms in total. The van der Waals surface area contributed by atoms with Crippen LogP contribution in [0.1, 0.15) is 16.0 Å². The molecule has 0 aliphatic rings. The van der Waals surface area contributed by atoms with Gasteiger partial charge in [-0.1, -0.05) is 23.8 Å². The predicted molar refractivity (Wildman–Crippen MR) is 72.6 cm³/mol. The van der Waals surface area contributed by atoms with Crippen LogP contribution < -0.4 is 10.1 Å². The molecule has 90 valence electrons. The Morgan fingerprint density at radius 2 is 2.12 bits per heavy atom. The average molecular weight is 247 g/mol. The zero-order valence-electron chi connectivity index (χ0n) is 10.2. The molecule has 17 heavy (non-hydrogen) atoms. The molecule has 0 spiro atoms. The summed E-state index contributed by atoms with van der Waals surface area (Å²) >= 11 is 1.78. The second-order valence-corrected chi connectivity index (χ2v) is 5.03. The lowest BCUT2D eigenvalue weighted by Crippen LogP contribution is -2.12. The van der Waals surface area contributed by atoms with Gasteiger partial charge in [0.25, 0.3) is 0 Å². The number of thiophene rings is 1. The average Bonchev–Trinajstić information content (AvgIpc) is 2.82. The molecule has 1 heterocycles. The highest BCUT2D eigenvalue weighted by molar-refractivity contribution is 7.09. The van der Waals surface area contributed by atoms with E-state index in [1.54, 1.807) is 18.4 Å². The molecule has 1 aromatic heterocycles. The minimum atomic E-state index is 0.836. The first kappa shape index (κ1) is 12.1. The summed E-state index contributed by atoms with van der Waals surface area (Å²) in [6, 6.07) is 10.5. The lowest BCUT2D eigenvalue weighted by molar-refractivity contribution is 0.407. The Balaban J connectivity index is 1.96. The Morgan fingerprint density at radius 1 is 1.24 bits per heavy atom. The van der Waals surface area contributed by atoms with E-state index < -0.39 is 0 Å². The number of aryl methyl sites for hydroxylation is 1. The maximum absolute atomic E-state index is 5.35. The van der Waals surface area contributed by atoms with E-state index in [1.807, 2.05) is 6.07 Å². The minimum Gasteiger partial charge on any atom is -0.496 e. The van der Waals surface area contributed by atoms with Crippen LogP contribution in [0.2, 0.25) is 0 Å². The van der Waals surface area contributed by atoms with Crippen molar-refractivity contribution in [1.82, 2.24) is 5.32 Å². The molecule has 0 atom stereocenters. The predicted octanol–water partition coefficient (Wildman–Crippen LogP) is 3.35. The van der Waals surface area contributed by atoms with Gasteiger partial charge in [0.05, 0.1) is 7.11 Å². The summed E-state index contributed by atoms with van der Waals surface area (Å²) in [5, 5.41) is 5.54. The van der Waals surface area contributed by atoms with E-state index in [0.717, 1.165) is 18.8 Å². The molecule has 0 saturated carbocycles. The van der Waals surface area contributed by atoms with Crippen molar-refractivity contribution >= 4 is 11.3 Å². The van der Waals surface area contributed by atoms with Crippen LogP contribution >= 0.6 is 11.3 Å². The Hall–Kier alpha value is -1.32. The Labute approximate surface area is 106 Å². The molecule has 0 aliphatic carbocycles. The summed E-state index contributed by atoms with van der Waals surface area (Å²) < 4.78 is 5.35. The van der Waals surface area contributed by atoms with Crippen molar-refractivity contribution in [2.24, 2.45) is 0 Å². The first-order chi connectivity index (χ1) is 8.29. The van der Waals surface area contributed by atoms with Crippen LogP contribution in [0, 0.1) is 6.92 Å². The SMILES string of the molecule is COc1ccc(C)cc1CNCc1cccs1. The summed E-state index contributed by atoms with van der Waals surface area (Å²) in [6.07, 6.45) is 0. The maximum atomic E-state index is 5.35. The third-order valence-corrected chi connectivity index (χ3v) is 3.51. The number of hydrogen-bond donors (Lipinski definition) is 1. The fraction of sp³-hybridized carbons (Fsp3) is 0.286. The van der Waals surface area contributed by atoms with Gasteiger partial charge in [0.15, 0.2) is 0 Å². The zero-order valence-corrected chi connectivity index (χ0v) is 11.0. The topological polar surface area (TPSA) is 21.3 Å². The summed E-state index contributed by atoms with van der Waals surface area (Å²) in [7, 11) is 1.72. The molecule has 1 N–H and O–H groups in total. The lowest BCUT2D eigenvalue weighted by atomic mass is 10.1. The highest BCUT2D eigenvalue weighted by Gasteiger charge is 2.02. The van der Waals surface area contributed by atoms with Crippen molar-refractivity contribution in [3.05, 3.63) is 51.7 Å². The molecule has 0 saturated heterocycles. The van der Waals surface area contributed by atoms with Gasteiger partial charge in [0.2, 0.25) is 0 Å². The monoisotopic (exact) mass is 247 g/mol. The van der Waals surface area contributed by atoms with E-state index in [1.165, 1.54) is 16.0 Å². The van der Waals surface area contributed by atoms with Crippen LogP contribution in [0.3, 0.4) is 0 Å². The lowest BCUT2D eigenvalue weighted by Gasteiger charge is -2.10. The summed E-state index contributed by atoms with van der Waals surface area (Å²) in [4.78, 5) is 1.36. The largest absolute Gasteiger partial charge is 0.496 e. The first-order valence-electron chi connectivity index (χ1n) is 5.66. The maximum Gasteiger partial charge on any atom is 0.123 e. The standard InChI is InChI=1S/C14H17NOS/c1-11-5-6-14(16-2)12(8-11)9-15-10-13-4-3-7-17-13/h3-8,15H,9-10H2,1-2H3. The van der Waals surface area contributed by atoms with Gasteiger partial charge < -0.3 is 10.1 Å². The van der Waals surface area contributed by atoms with E-state index in [4.69, 9.17) is 4.74 Å². The molecule has 2 rings (SSSR count). The highest BCUT2D eigenvalue weighted by Crippen LogP contribution is 2.19. The first-order valence-corrected chi connectivity index (χ1v) is 6.54. The van der Waals surface area contributed by atoms with E-state index in [0.29, 0.717) is 0 Å². The van der Waals surface area contributed by atoms with Crippen molar-refractivity contribution in [1.29, 1.82) is 0 Å². The van der Waals surface area contributed by atoms with Crippen LogP contribution in [-0.2, 0) is 13.1 Å². The van der Waals surface area contributed by atoms with Crippen LogP contribution in [0.5, 0.6) is 5.75 Å². The molecule has 0 unspecified atom stereocenters. The fourth-order valence-electron chi connectivity index (χ4n) is 1.78. The summed E-state index contributed by atoms with van der Waals surface area (Å²) in [6.45, 7) is 3.85. The van der Waals surface area contributed by atoms with Crippen LogP contribution in [-0.4, -0.2) is 7.11 Å². The minimum absolute atomic E-state index is 0.836. The molecule has 0 radical (unpaired) electrons. The molecular weight excluding hydrogens is 230 g/mol. The third kappa shape index (κ3) is 3.32. The quantitative estimate of drug-likeness (QED) is 0.875. The van der Waals surface area contributed by atoms with E-state index in [9.17, 15) is 0 Å². The molecule has 3 heteroatoms.